The van der Waals surface area contributed by atoms with E-state index in [1.807, 2.05) is 14.0 Å². The molecule has 1 aliphatic rings. The zero-order valence-corrected chi connectivity index (χ0v) is 9.69. The number of anilines is 1. The zero-order valence-electron chi connectivity index (χ0n) is 8.87. The Hall–Kier alpha value is -1.10. The number of nitrogens with zero attached hydrogens (tertiary/aromatic N) is 1. The Kier molecular flexibility index (Phi) is 2.90. The molecule has 0 saturated carbocycles. The maximum Gasteiger partial charge on any atom is 0.315 e. The first-order chi connectivity index (χ1) is 7.26. The van der Waals surface area contributed by atoms with Gasteiger partial charge in [0.1, 0.15) is 5.92 Å². The molecular weight excluding hydrogens is 212 g/mol. The predicted molar refractivity (Wildman–Crippen MR) is 59.4 cm³/mol. The molecule has 4 nitrogen and oxygen atoms in total. The van der Waals surface area contributed by atoms with E-state index in [1.165, 1.54) is 4.88 Å². The van der Waals surface area contributed by atoms with Gasteiger partial charge in [-0.1, -0.05) is 0 Å². The lowest BCUT2D eigenvalue weighted by Gasteiger charge is -2.07. The smallest absolute Gasteiger partial charge is 0.315 e. The summed E-state index contributed by atoms with van der Waals surface area (Å²) in [6, 6.07) is 0. The molecule has 0 saturated heterocycles. The van der Waals surface area contributed by atoms with Crippen LogP contribution in [-0.2, 0) is 16.0 Å². The molecule has 0 amide bonds. The average molecular weight is 226 g/mol. The topological polar surface area (TPSA) is 51.2 Å². The monoisotopic (exact) mass is 226 g/mol. The fourth-order valence-corrected chi connectivity index (χ4v) is 2.80. The summed E-state index contributed by atoms with van der Waals surface area (Å²) >= 11 is 1.63. The van der Waals surface area contributed by atoms with E-state index in [4.69, 9.17) is 4.74 Å². The Bertz CT molecular complexity index is 375. The number of aromatic nitrogens is 1. The van der Waals surface area contributed by atoms with E-state index in [0.29, 0.717) is 6.61 Å². The molecule has 5 heteroatoms. The van der Waals surface area contributed by atoms with Crippen LogP contribution in [0.3, 0.4) is 0 Å². The molecule has 1 atom stereocenters. The highest BCUT2D eigenvalue weighted by molar-refractivity contribution is 7.15. The molecule has 15 heavy (non-hydrogen) atoms. The third kappa shape index (κ3) is 1.84. The largest absolute Gasteiger partial charge is 0.465 e. The Morgan fingerprint density at radius 3 is 3.20 bits per heavy atom. The van der Waals surface area contributed by atoms with Crippen LogP contribution in [0.25, 0.3) is 0 Å². The van der Waals surface area contributed by atoms with Gasteiger partial charge < -0.3 is 10.1 Å². The number of hydrogen-bond donors (Lipinski definition) is 1. The lowest BCUT2D eigenvalue weighted by Crippen LogP contribution is -2.14. The molecule has 1 aromatic rings. The first-order valence-corrected chi connectivity index (χ1v) is 5.92. The third-order valence-corrected chi connectivity index (χ3v) is 3.65. The minimum Gasteiger partial charge on any atom is -0.465 e. The fraction of sp³-hybridized carbons (Fsp3) is 0.600. The SMILES string of the molecule is CCOC(=O)C1CCc2sc(NC)nc21. The van der Waals surface area contributed by atoms with Gasteiger partial charge in [0.25, 0.3) is 0 Å². The number of ether oxygens (including phenoxy) is 1. The van der Waals surface area contributed by atoms with Crippen molar-refractivity contribution in [3.8, 4) is 0 Å². The number of rotatable bonds is 3. The van der Waals surface area contributed by atoms with Crippen molar-refractivity contribution in [1.29, 1.82) is 0 Å². The molecule has 0 spiro atoms. The molecule has 0 fully saturated rings. The second-order valence-electron chi connectivity index (χ2n) is 3.42. The maximum absolute atomic E-state index is 11.6. The van der Waals surface area contributed by atoms with Crippen LogP contribution in [0.1, 0.15) is 29.8 Å². The molecule has 0 bridgehead atoms. The Morgan fingerprint density at radius 2 is 2.53 bits per heavy atom. The van der Waals surface area contributed by atoms with Crippen LogP contribution in [0.15, 0.2) is 0 Å². The lowest BCUT2D eigenvalue weighted by molar-refractivity contribution is -0.144. The Labute approximate surface area is 92.7 Å². The summed E-state index contributed by atoms with van der Waals surface area (Å²) in [5, 5.41) is 3.89. The summed E-state index contributed by atoms with van der Waals surface area (Å²) in [7, 11) is 1.84. The minimum atomic E-state index is -0.140. The molecular formula is C10H14N2O2S. The van der Waals surface area contributed by atoms with Crippen molar-refractivity contribution >= 4 is 22.4 Å². The minimum absolute atomic E-state index is 0.135. The van der Waals surface area contributed by atoms with Gasteiger partial charge in [0.05, 0.1) is 12.3 Å². The standard InChI is InChI=1S/C10H14N2O2S/c1-3-14-9(13)6-4-5-7-8(6)12-10(11-2)15-7/h6H,3-5H2,1-2H3,(H,11,12). The second-order valence-corrected chi connectivity index (χ2v) is 4.50. The highest BCUT2D eigenvalue weighted by Gasteiger charge is 2.33. The van der Waals surface area contributed by atoms with Crippen LogP contribution in [-0.4, -0.2) is 24.6 Å². The predicted octanol–water partition coefficient (Wildman–Crippen LogP) is 1.78. The molecule has 1 N–H and O–H groups in total. The van der Waals surface area contributed by atoms with Crippen LogP contribution >= 0.6 is 11.3 Å². The summed E-state index contributed by atoms with van der Waals surface area (Å²) in [6.07, 6.45) is 1.79. The van der Waals surface area contributed by atoms with Gasteiger partial charge in [-0.3, -0.25) is 4.79 Å². The van der Waals surface area contributed by atoms with Crippen LogP contribution in [0.5, 0.6) is 0 Å². The van der Waals surface area contributed by atoms with Crippen LogP contribution in [0, 0.1) is 0 Å². The normalized spacial score (nSPS) is 18.7. The number of hydrogen-bond acceptors (Lipinski definition) is 5. The second kappa shape index (κ2) is 4.18. The Balaban J connectivity index is 2.19. The van der Waals surface area contributed by atoms with Crippen molar-refractivity contribution in [1.82, 2.24) is 4.98 Å². The average Bonchev–Trinajstić information content (AvgIpc) is 2.75. The number of nitrogens with one attached hydrogen (secondary N) is 1. The molecule has 1 unspecified atom stereocenters. The van der Waals surface area contributed by atoms with Gasteiger partial charge in [0, 0.05) is 11.9 Å². The summed E-state index contributed by atoms with van der Waals surface area (Å²) in [5.41, 5.74) is 0.919. The molecule has 0 aliphatic heterocycles. The van der Waals surface area contributed by atoms with E-state index in [2.05, 4.69) is 10.3 Å². The van der Waals surface area contributed by atoms with E-state index < -0.39 is 0 Å². The van der Waals surface area contributed by atoms with Crippen LogP contribution < -0.4 is 5.32 Å². The van der Waals surface area contributed by atoms with Gasteiger partial charge in [-0.25, -0.2) is 4.98 Å². The molecule has 1 heterocycles. The molecule has 0 radical (unpaired) electrons. The summed E-state index contributed by atoms with van der Waals surface area (Å²) in [6.45, 7) is 2.27. The van der Waals surface area contributed by atoms with E-state index in [-0.39, 0.29) is 11.9 Å². The van der Waals surface area contributed by atoms with Crippen molar-refractivity contribution in [3.05, 3.63) is 10.6 Å². The molecule has 0 aromatic carbocycles. The highest BCUT2D eigenvalue weighted by Crippen LogP contribution is 2.38. The number of fused-ring (bicyclic) bond motifs is 1. The number of thiazole rings is 1. The zero-order chi connectivity index (χ0) is 10.8. The Morgan fingerprint density at radius 1 is 1.73 bits per heavy atom. The van der Waals surface area contributed by atoms with Crippen molar-refractivity contribution in [3.63, 3.8) is 0 Å². The van der Waals surface area contributed by atoms with E-state index in [9.17, 15) is 4.79 Å². The van der Waals surface area contributed by atoms with E-state index >= 15 is 0 Å². The van der Waals surface area contributed by atoms with Crippen LogP contribution in [0.4, 0.5) is 5.13 Å². The molecule has 1 aliphatic carbocycles. The van der Waals surface area contributed by atoms with Gasteiger partial charge in [-0.05, 0) is 19.8 Å². The lowest BCUT2D eigenvalue weighted by atomic mass is 10.1. The number of esters is 1. The summed E-state index contributed by atoms with van der Waals surface area (Å²) in [5.74, 6) is -0.275. The van der Waals surface area contributed by atoms with Crippen molar-refractivity contribution in [2.24, 2.45) is 0 Å². The van der Waals surface area contributed by atoms with Crippen molar-refractivity contribution in [2.45, 2.75) is 25.7 Å². The van der Waals surface area contributed by atoms with Gasteiger partial charge in [-0.15, -0.1) is 11.3 Å². The van der Waals surface area contributed by atoms with Gasteiger partial charge in [0.2, 0.25) is 0 Å². The number of aryl methyl sites for hydroxylation is 1. The van der Waals surface area contributed by atoms with Gasteiger partial charge in [-0.2, -0.15) is 0 Å². The van der Waals surface area contributed by atoms with E-state index in [1.54, 1.807) is 11.3 Å². The number of carbonyl (C=O) groups is 1. The molecule has 1 aromatic heterocycles. The summed E-state index contributed by atoms with van der Waals surface area (Å²) < 4.78 is 5.03. The van der Waals surface area contributed by atoms with Gasteiger partial charge in [0.15, 0.2) is 5.13 Å². The molecule has 82 valence electrons. The fourth-order valence-electron chi connectivity index (χ4n) is 1.81. The molecule has 2 rings (SSSR count). The van der Waals surface area contributed by atoms with Gasteiger partial charge >= 0.3 is 5.97 Å². The first kappa shape index (κ1) is 10.4. The van der Waals surface area contributed by atoms with Crippen molar-refractivity contribution < 1.29 is 9.53 Å². The van der Waals surface area contributed by atoms with E-state index in [0.717, 1.165) is 23.7 Å². The quantitative estimate of drug-likeness (QED) is 0.798. The maximum atomic E-state index is 11.6. The van der Waals surface area contributed by atoms with Crippen LogP contribution in [0.2, 0.25) is 0 Å². The third-order valence-electron chi connectivity index (χ3n) is 2.50. The van der Waals surface area contributed by atoms with Crippen molar-refractivity contribution in [2.75, 3.05) is 19.0 Å². The first-order valence-electron chi connectivity index (χ1n) is 5.10. The summed E-state index contributed by atoms with van der Waals surface area (Å²) in [4.78, 5) is 17.2. The highest BCUT2D eigenvalue weighted by atomic mass is 32.1. The number of carbonyl (C=O) groups excluding carboxylic acids is 1.